The number of aliphatic hydroxyl groups is 1. The second-order valence-electron chi connectivity index (χ2n) is 6.93. The van der Waals surface area contributed by atoms with Gasteiger partial charge in [-0.2, -0.15) is 0 Å². The molecule has 134 valence electrons. The molecule has 0 amide bonds. The highest BCUT2D eigenvalue weighted by Crippen LogP contribution is 2.44. The number of ether oxygens (including phenoxy) is 4. The largest absolute Gasteiger partial charge is 0.508 e. The lowest BCUT2D eigenvalue weighted by Gasteiger charge is -2.28. The van der Waals surface area contributed by atoms with Crippen molar-refractivity contribution in [1.82, 2.24) is 0 Å². The third kappa shape index (κ3) is 2.70. The first-order valence-electron chi connectivity index (χ1n) is 8.34. The van der Waals surface area contributed by atoms with Crippen LogP contribution in [0.15, 0.2) is 36.4 Å². The Balaban J connectivity index is 1.70. The minimum atomic E-state index is -1.09. The van der Waals surface area contributed by atoms with Crippen LogP contribution in [-0.2, 0) is 18.9 Å². The standard InChI is InChI=1S/C19H22O6/c1-19(2)24-17-16(22-3)15(23-18(17)25-19)14(21)13-11-7-5-4-6-10(11)8-9-12(13)20/h4-9,14-18,20-21H,1-3H3/t14-,15-,16+,17-,18-/m1/s1. The monoisotopic (exact) mass is 346 g/mol. The highest BCUT2D eigenvalue weighted by molar-refractivity contribution is 5.88. The van der Waals surface area contributed by atoms with Crippen LogP contribution in [0.5, 0.6) is 5.75 Å². The molecule has 0 bridgehead atoms. The smallest absolute Gasteiger partial charge is 0.190 e. The quantitative estimate of drug-likeness (QED) is 0.889. The molecule has 0 aliphatic carbocycles. The van der Waals surface area contributed by atoms with E-state index >= 15 is 0 Å². The van der Waals surface area contributed by atoms with Gasteiger partial charge >= 0.3 is 0 Å². The second kappa shape index (κ2) is 5.93. The molecular weight excluding hydrogens is 324 g/mol. The molecule has 2 aliphatic heterocycles. The van der Waals surface area contributed by atoms with E-state index in [-0.39, 0.29) is 5.75 Å². The van der Waals surface area contributed by atoms with Gasteiger partial charge < -0.3 is 29.2 Å². The van der Waals surface area contributed by atoms with Crippen LogP contribution in [0, 0.1) is 0 Å². The molecule has 2 aliphatic rings. The van der Waals surface area contributed by atoms with E-state index in [1.807, 2.05) is 44.2 Å². The Labute approximate surface area is 145 Å². The maximum Gasteiger partial charge on any atom is 0.190 e. The number of aromatic hydroxyl groups is 1. The van der Waals surface area contributed by atoms with Gasteiger partial charge in [-0.3, -0.25) is 0 Å². The van der Waals surface area contributed by atoms with Gasteiger partial charge in [0, 0.05) is 12.7 Å². The van der Waals surface area contributed by atoms with E-state index in [1.165, 1.54) is 0 Å². The molecule has 0 unspecified atom stereocenters. The van der Waals surface area contributed by atoms with Crippen LogP contribution in [0.3, 0.4) is 0 Å². The van der Waals surface area contributed by atoms with Gasteiger partial charge in [0.1, 0.15) is 30.2 Å². The molecule has 0 saturated carbocycles. The zero-order valence-corrected chi connectivity index (χ0v) is 14.4. The van der Waals surface area contributed by atoms with E-state index in [0.717, 1.165) is 10.8 Å². The van der Waals surface area contributed by atoms with E-state index in [4.69, 9.17) is 18.9 Å². The molecule has 4 rings (SSSR count). The number of benzene rings is 2. The molecule has 25 heavy (non-hydrogen) atoms. The van der Waals surface area contributed by atoms with Gasteiger partial charge in [0.2, 0.25) is 0 Å². The van der Waals surface area contributed by atoms with Crippen molar-refractivity contribution in [2.24, 2.45) is 0 Å². The van der Waals surface area contributed by atoms with Gasteiger partial charge in [0.25, 0.3) is 0 Å². The average Bonchev–Trinajstić information content (AvgIpc) is 3.05. The Kier molecular flexibility index (Phi) is 3.97. The Morgan fingerprint density at radius 1 is 1.12 bits per heavy atom. The summed E-state index contributed by atoms with van der Waals surface area (Å²) >= 11 is 0. The lowest BCUT2D eigenvalue weighted by Crippen LogP contribution is -2.39. The maximum absolute atomic E-state index is 11.0. The van der Waals surface area contributed by atoms with Crippen molar-refractivity contribution in [1.29, 1.82) is 0 Å². The van der Waals surface area contributed by atoms with Crippen molar-refractivity contribution in [3.63, 3.8) is 0 Å². The summed E-state index contributed by atoms with van der Waals surface area (Å²) in [4.78, 5) is 0. The molecule has 2 aromatic carbocycles. The third-order valence-electron chi connectivity index (χ3n) is 4.85. The molecule has 2 heterocycles. The zero-order valence-electron chi connectivity index (χ0n) is 14.4. The minimum Gasteiger partial charge on any atom is -0.508 e. The summed E-state index contributed by atoms with van der Waals surface area (Å²) < 4.78 is 23.1. The highest BCUT2D eigenvalue weighted by atomic mass is 16.8. The number of hydrogen-bond donors (Lipinski definition) is 2. The first kappa shape index (κ1) is 16.8. The number of rotatable bonds is 3. The average molecular weight is 346 g/mol. The van der Waals surface area contributed by atoms with Crippen LogP contribution in [0.2, 0.25) is 0 Å². The van der Waals surface area contributed by atoms with Gasteiger partial charge in [-0.1, -0.05) is 30.3 Å². The van der Waals surface area contributed by atoms with E-state index in [9.17, 15) is 10.2 Å². The van der Waals surface area contributed by atoms with Crippen LogP contribution in [0.25, 0.3) is 10.8 Å². The van der Waals surface area contributed by atoms with Crippen molar-refractivity contribution < 1.29 is 29.2 Å². The van der Waals surface area contributed by atoms with Crippen LogP contribution >= 0.6 is 0 Å². The first-order valence-corrected chi connectivity index (χ1v) is 8.34. The predicted molar refractivity (Wildman–Crippen MR) is 90.1 cm³/mol. The number of phenols is 1. The van der Waals surface area contributed by atoms with Gasteiger partial charge in [-0.05, 0) is 30.7 Å². The molecule has 6 heteroatoms. The molecule has 0 spiro atoms. The predicted octanol–water partition coefficient (Wildman–Crippen LogP) is 2.47. The van der Waals surface area contributed by atoms with Crippen molar-refractivity contribution in [3.8, 4) is 5.75 Å². The molecule has 2 fully saturated rings. The first-order chi connectivity index (χ1) is 11.9. The number of phenolic OH excluding ortho intramolecular Hbond substituents is 1. The van der Waals surface area contributed by atoms with Crippen LogP contribution in [-0.4, -0.2) is 47.7 Å². The molecule has 5 atom stereocenters. The number of hydrogen-bond acceptors (Lipinski definition) is 6. The van der Waals surface area contributed by atoms with E-state index in [1.54, 1.807) is 13.2 Å². The minimum absolute atomic E-state index is 0.0175. The van der Waals surface area contributed by atoms with Crippen LogP contribution in [0.1, 0.15) is 25.5 Å². The fourth-order valence-corrected chi connectivity index (χ4v) is 3.79. The van der Waals surface area contributed by atoms with Crippen molar-refractivity contribution >= 4 is 10.8 Å². The number of fused-ring (bicyclic) bond motifs is 2. The highest BCUT2D eigenvalue weighted by Gasteiger charge is 2.57. The fraction of sp³-hybridized carbons (Fsp3) is 0.474. The molecule has 6 nitrogen and oxygen atoms in total. The van der Waals surface area contributed by atoms with Gasteiger partial charge in [0.15, 0.2) is 12.1 Å². The molecule has 2 N–H and O–H groups in total. The summed E-state index contributed by atoms with van der Waals surface area (Å²) in [5, 5.41) is 23.1. The molecule has 2 saturated heterocycles. The molecular formula is C19H22O6. The van der Waals surface area contributed by atoms with E-state index < -0.39 is 36.5 Å². The third-order valence-corrected chi connectivity index (χ3v) is 4.85. The van der Waals surface area contributed by atoms with Crippen molar-refractivity contribution in [2.45, 2.75) is 50.3 Å². The topological polar surface area (TPSA) is 77.4 Å². The summed E-state index contributed by atoms with van der Waals surface area (Å²) in [6, 6.07) is 11.0. The number of aliphatic hydroxyl groups excluding tert-OH is 1. The normalized spacial score (nSPS) is 32.0. The summed E-state index contributed by atoms with van der Waals surface area (Å²) in [7, 11) is 1.55. The second-order valence-corrected chi connectivity index (χ2v) is 6.93. The Bertz CT molecular complexity index is 789. The van der Waals surface area contributed by atoms with Crippen LogP contribution in [0.4, 0.5) is 0 Å². The fourth-order valence-electron chi connectivity index (χ4n) is 3.79. The summed E-state index contributed by atoms with van der Waals surface area (Å²) in [6.07, 6.45) is -3.36. The molecule has 0 aromatic heterocycles. The summed E-state index contributed by atoms with van der Waals surface area (Å²) in [5.41, 5.74) is 0.421. The lowest BCUT2D eigenvalue weighted by molar-refractivity contribution is -0.228. The van der Waals surface area contributed by atoms with E-state index in [2.05, 4.69) is 0 Å². The maximum atomic E-state index is 11.0. The van der Waals surface area contributed by atoms with Crippen molar-refractivity contribution in [3.05, 3.63) is 42.0 Å². The molecule has 2 aromatic rings. The van der Waals surface area contributed by atoms with Crippen molar-refractivity contribution in [2.75, 3.05) is 7.11 Å². The number of methoxy groups -OCH3 is 1. The SMILES string of the molecule is CO[C@@H]1[C@H]2OC(C)(C)O[C@H]2O[C@@H]1[C@H](O)c1c(O)ccc2ccccc12. The van der Waals surface area contributed by atoms with Gasteiger partial charge in [-0.15, -0.1) is 0 Å². The lowest BCUT2D eigenvalue weighted by atomic mass is 9.93. The summed E-state index contributed by atoms with van der Waals surface area (Å²) in [6.45, 7) is 3.62. The zero-order chi connectivity index (χ0) is 17.8. The van der Waals surface area contributed by atoms with E-state index in [0.29, 0.717) is 5.56 Å². The Morgan fingerprint density at radius 2 is 1.88 bits per heavy atom. The molecule has 0 radical (unpaired) electrons. The van der Waals surface area contributed by atoms with Gasteiger partial charge in [0.05, 0.1) is 0 Å². The Morgan fingerprint density at radius 3 is 2.64 bits per heavy atom. The summed E-state index contributed by atoms with van der Waals surface area (Å²) in [5.74, 6) is -0.743. The Hall–Kier alpha value is -1.70. The van der Waals surface area contributed by atoms with Gasteiger partial charge in [-0.25, -0.2) is 0 Å². The van der Waals surface area contributed by atoms with Crippen LogP contribution < -0.4 is 0 Å².